The predicted octanol–water partition coefficient (Wildman–Crippen LogP) is 4.08. The third kappa shape index (κ3) is 5.84. The first-order valence-electron chi connectivity index (χ1n) is 10.8. The van der Waals surface area contributed by atoms with Gasteiger partial charge in [0.1, 0.15) is 17.3 Å². The molecular formula is C26H21F2N3O5. The highest BCUT2D eigenvalue weighted by Crippen LogP contribution is 2.29. The first-order valence-corrected chi connectivity index (χ1v) is 10.8. The zero-order valence-corrected chi connectivity index (χ0v) is 19.1. The van der Waals surface area contributed by atoms with E-state index in [4.69, 9.17) is 9.47 Å². The van der Waals surface area contributed by atoms with Gasteiger partial charge in [0.05, 0.1) is 13.7 Å². The van der Waals surface area contributed by atoms with Crippen LogP contribution in [0.5, 0.6) is 11.5 Å². The fourth-order valence-electron chi connectivity index (χ4n) is 3.42. The van der Waals surface area contributed by atoms with Crippen LogP contribution in [-0.2, 0) is 16.1 Å². The second-order valence-electron chi connectivity index (χ2n) is 7.76. The number of benzene rings is 3. The van der Waals surface area contributed by atoms with Gasteiger partial charge >= 0.3 is 6.03 Å². The van der Waals surface area contributed by atoms with E-state index in [0.29, 0.717) is 22.6 Å². The Balaban J connectivity index is 1.41. The summed E-state index contributed by atoms with van der Waals surface area (Å²) in [5.74, 6) is -1.21. The summed E-state index contributed by atoms with van der Waals surface area (Å²) < 4.78 is 37.0. The minimum Gasteiger partial charge on any atom is -0.493 e. The summed E-state index contributed by atoms with van der Waals surface area (Å²) in [6.45, 7) is -0.320. The Morgan fingerprint density at radius 2 is 1.64 bits per heavy atom. The van der Waals surface area contributed by atoms with Gasteiger partial charge in [-0.2, -0.15) is 0 Å². The number of methoxy groups -OCH3 is 1. The summed E-state index contributed by atoms with van der Waals surface area (Å²) >= 11 is 0. The maximum Gasteiger partial charge on any atom is 0.329 e. The Labute approximate surface area is 205 Å². The van der Waals surface area contributed by atoms with Crippen molar-refractivity contribution in [3.05, 3.63) is 95.2 Å². The van der Waals surface area contributed by atoms with Crippen molar-refractivity contribution in [1.82, 2.24) is 10.2 Å². The van der Waals surface area contributed by atoms with Crippen molar-refractivity contribution in [3.8, 4) is 11.5 Å². The van der Waals surface area contributed by atoms with Gasteiger partial charge in [-0.05, 0) is 65.7 Å². The lowest BCUT2D eigenvalue weighted by Crippen LogP contribution is -2.30. The van der Waals surface area contributed by atoms with Crippen LogP contribution >= 0.6 is 0 Å². The minimum absolute atomic E-state index is 0.00162. The Morgan fingerprint density at radius 3 is 2.31 bits per heavy atom. The van der Waals surface area contributed by atoms with Gasteiger partial charge in [0, 0.05) is 5.69 Å². The molecule has 184 valence electrons. The molecular weight excluding hydrogens is 472 g/mol. The molecule has 0 unspecified atom stereocenters. The Bertz CT molecular complexity index is 1320. The van der Waals surface area contributed by atoms with Crippen molar-refractivity contribution >= 4 is 29.6 Å². The van der Waals surface area contributed by atoms with E-state index < -0.39 is 29.5 Å². The Kier molecular flexibility index (Phi) is 7.24. The smallest absolute Gasteiger partial charge is 0.329 e. The molecule has 1 aliphatic rings. The highest BCUT2D eigenvalue weighted by molar-refractivity contribution is 6.13. The first-order chi connectivity index (χ1) is 17.3. The van der Waals surface area contributed by atoms with Crippen molar-refractivity contribution in [3.63, 3.8) is 0 Å². The second kappa shape index (κ2) is 10.7. The fourth-order valence-corrected chi connectivity index (χ4v) is 3.42. The van der Waals surface area contributed by atoms with Gasteiger partial charge in [-0.15, -0.1) is 0 Å². The van der Waals surface area contributed by atoms with Gasteiger partial charge < -0.3 is 20.1 Å². The maximum absolute atomic E-state index is 13.1. The van der Waals surface area contributed by atoms with E-state index in [-0.39, 0.29) is 24.6 Å². The van der Waals surface area contributed by atoms with E-state index in [2.05, 4.69) is 10.6 Å². The van der Waals surface area contributed by atoms with Crippen LogP contribution < -0.4 is 20.1 Å². The summed E-state index contributed by atoms with van der Waals surface area (Å²) in [4.78, 5) is 38.2. The Morgan fingerprint density at radius 1 is 0.972 bits per heavy atom. The Hall–Kier alpha value is -4.73. The molecule has 0 aliphatic carbocycles. The molecule has 0 atom stereocenters. The zero-order valence-electron chi connectivity index (χ0n) is 19.1. The molecule has 1 heterocycles. The van der Waals surface area contributed by atoms with E-state index >= 15 is 0 Å². The number of ether oxygens (including phenoxy) is 2. The third-order valence-electron chi connectivity index (χ3n) is 5.20. The summed E-state index contributed by atoms with van der Waals surface area (Å²) in [6, 6.07) is 15.0. The van der Waals surface area contributed by atoms with E-state index in [9.17, 15) is 23.2 Å². The van der Waals surface area contributed by atoms with Crippen LogP contribution in [0.3, 0.4) is 0 Å². The number of carbonyl (C=O) groups is 3. The van der Waals surface area contributed by atoms with Crippen LogP contribution in [0, 0.1) is 11.6 Å². The van der Waals surface area contributed by atoms with E-state index in [0.717, 1.165) is 4.90 Å². The van der Waals surface area contributed by atoms with Crippen LogP contribution in [0.2, 0.25) is 0 Å². The van der Waals surface area contributed by atoms with E-state index in [1.165, 1.54) is 61.7 Å². The predicted molar refractivity (Wildman–Crippen MR) is 127 cm³/mol. The number of nitrogens with one attached hydrogen (secondary N) is 2. The average molecular weight is 493 g/mol. The number of halogens is 2. The van der Waals surface area contributed by atoms with Crippen LogP contribution in [0.1, 0.15) is 11.1 Å². The molecule has 1 saturated heterocycles. The number of anilines is 1. The highest BCUT2D eigenvalue weighted by Gasteiger charge is 2.33. The largest absolute Gasteiger partial charge is 0.493 e. The number of amides is 4. The molecule has 0 spiro atoms. The molecule has 3 aromatic carbocycles. The third-order valence-corrected chi connectivity index (χ3v) is 5.20. The number of urea groups is 1. The number of carbonyl (C=O) groups excluding carboxylic acids is 3. The summed E-state index contributed by atoms with van der Waals surface area (Å²) in [5.41, 5.74) is 1.64. The molecule has 8 nitrogen and oxygen atoms in total. The molecule has 36 heavy (non-hydrogen) atoms. The number of rotatable bonds is 8. The summed E-state index contributed by atoms with van der Waals surface area (Å²) in [5, 5.41) is 5.12. The van der Waals surface area contributed by atoms with Gasteiger partial charge in [-0.25, -0.2) is 13.6 Å². The molecule has 1 fully saturated rings. The monoisotopic (exact) mass is 493 g/mol. The standard InChI is InChI=1S/C26H21F2N3O5/c1-35-23-13-17(4-11-22(23)36-15-24(32)29-20-9-7-19(28)8-10-20)12-21-25(33)31(26(34)30-21)14-16-2-5-18(27)6-3-16/h2-13H,14-15H2,1H3,(H,29,32)(H,30,34)/b21-12+. The van der Waals surface area contributed by atoms with E-state index in [1.54, 1.807) is 18.2 Å². The molecule has 1 aliphatic heterocycles. The molecule has 0 aromatic heterocycles. The van der Waals surface area contributed by atoms with Crippen molar-refractivity contribution in [2.75, 3.05) is 19.0 Å². The lowest BCUT2D eigenvalue weighted by molar-refractivity contribution is -0.123. The summed E-state index contributed by atoms with van der Waals surface area (Å²) in [6.07, 6.45) is 1.48. The minimum atomic E-state index is -0.588. The van der Waals surface area contributed by atoms with Crippen LogP contribution in [-0.4, -0.2) is 36.5 Å². The first kappa shape index (κ1) is 24.4. The highest BCUT2D eigenvalue weighted by atomic mass is 19.1. The second-order valence-corrected chi connectivity index (χ2v) is 7.76. The number of hydrogen-bond acceptors (Lipinski definition) is 5. The fraction of sp³-hybridized carbons (Fsp3) is 0.115. The van der Waals surface area contributed by atoms with Gasteiger partial charge in [0.2, 0.25) is 0 Å². The topological polar surface area (TPSA) is 97.0 Å². The van der Waals surface area contributed by atoms with Gasteiger partial charge in [0.15, 0.2) is 18.1 Å². The molecule has 2 N–H and O–H groups in total. The molecule has 0 radical (unpaired) electrons. The molecule has 3 aromatic rings. The zero-order chi connectivity index (χ0) is 25.7. The number of imide groups is 1. The average Bonchev–Trinajstić information content (AvgIpc) is 3.13. The van der Waals surface area contributed by atoms with Gasteiger partial charge in [-0.1, -0.05) is 18.2 Å². The van der Waals surface area contributed by atoms with Gasteiger partial charge in [0.25, 0.3) is 11.8 Å². The van der Waals surface area contributed by atoms with Crippen LogP contribution in [0.15, 0.2) is 72.4 Å². The van der Waals surface area contributed by atoms with Crippen molar-refractivity contribution in [2.24, 2.45) is 0 Å². The molecule has 4 rings (SSSR count). The van der Waals surface area contributed by atoms with Crippen molar-refractivity contribution in [2.45, 2.75) is 6.54 Å². The molecule has 0 saturated carbocycles. The van der Waals surface area contributed by atoms with Crippen LogP contribution in [0.4, 0.5) is 19.3 Å². The van der Waals surface area contributed by atoms with Crippen molar-refractivity contribution < 1.29 is 32.6 Å². The normalized spacial score (nSPS) is 14.1. The van der Waals surface area contributed by atoms with Gasteiger partial charge in [-0.3, -0.25) is 14.5 Å². The van der Waals surface area contributed by atoms with E-state index in [1.807, 2.05) is 0 Å². The number of hydrogen-bond donors (Lipinski definition) is 2. The SMILES string of the molecule is COc1cc(/C=C2/NC(=O)N(Cc3ccc(F)cc3)C2=O)ccc1OCC(=O)Nc1ccc(F)cc1. The quantitative estimate of drug-likeness (QED) is 0.364. The molecule has 4 amide bonds. The van der Waals surface area contributed by atoms with Crippen molar-refractivity contribution in [1.29, 1.82) is 0 Å². The number of nitrogens with zero attached hydrogens (tertiary/aromatic N) is 1. The molecule has 10 heteroatoms. The summed E-state index contributed by atoms with van der Waals surface area (Å²) in [7, 11) is 1.42. The molecule has 0 bridgehead atoms. The van der Waals surface area contributed by atoms with Crippen LogP contribution in [0.25, 0.3) is 6.08 Å². The lowest BCUT2D eigenvalue weighted by atomic mass is 10.1. The maximum atomic E-state index is 13.1. The lowest BCUT2D eigenvalue weighted by Gasteiger charge is -2.12.